The summed E-state index contributed by atoms with van der Waals surface area (Å²) < 4.78 is 32.7. The van der Waals surface area contributed by atoms with Crippen LogP contribution in [0.2, 0.25) is 0 Å². The van der Waals surface area contributed by atoms with Crippen molar-refractivity contribution in [3.8, 4) is 0 Å². The average Bonchev–Trinajstić information content (AvgIpc) is 2.62. The molecule has 0 bridgehead atoms. The van der Waals surface area contributed by atoms with E-state index in [0.29, 0.717) is 24.3 Å². The molecule has 0 spiro atoms. The number of benzene rings is 2. The summed E-state index contributed by atoms with van der Waals surface area (Å²) in [5.41, 5.74) is 1.09. The van der Waals surface area contributed by atoms with Gasteiger partial charge in [-0.05, 0) is 50.2 Å². The lowest BCUT2D eigenvalue weighted by molar-refractivity contribution is -0.0440. The van der Waals surface area contributed by atoms with Crippen LogP contribution in [0.5, 0.6) is 0 Å². The van der Waals surface area contributed by atoms with Gasteiger partial charge in [-0.3, -0.25) is 4.79 Å². The van der Waals surface area contributed by atoms with Gasteiger partial charge in [0.1, 0.15) is 0 Å². The van der Waals surface area contributed by atoms with Gasteiger partial charge in [-0.1, -0.05) is 18.2 Å². The lowest BCUT2D eigenvalue weighted by Gasteiger charge is -2.34. The number of para-hydroxylation sites is 1. The molecule has 1 heterocycles. The highest BCUT2D eigenvalue weighted by molar-refractivity contribution is 7.89. The number of morpholine rings is 1. The van der Waals surface area contributed by atoms with E-state index >= 15 is 0 Å². The molecule has 0 saturated carbocycles. The highest BCUT2D eigenvalue weighted by Crippen LogP contribution is 2.21. The molecule has 3 rings (SSSR count). The molecule has 0 radical (unpaired) electrons. The predicted molar refractivity (Wildman–Crippen MR) is 99.6 cm³/mol. The number of nitrogens with zero attached hydrogens (tertiary/aromatic N) is 1. The molecule has 138 valence electrons. The van der Waals surface area contributed by atoms with E-state index in [1.54, 1.807) is 12.1 Å². The van der Waals surface area contributed by atoms with Crippen LogP contribution >= 0.6 is 0 Å². The predicted octanol–water partition coefficient (Wildman–Crippen LogP) is 2.74. The van der Waals surface area contributed by atoms with Gasteiger partial charge >= 0.3 is 0 Å². The first kappa shape index (κ1) is 18.6. The summed E-state index contributed by atoms with van der Waals surface area (Å²) in [5.74, 6) is -0.284. The largest absolute Gasteiger partial charge is 0.373 e. The zero-order valence-corrected chi connectivity index (χ0v) is 15.6. The van der Waals surface area contributed by atoms with Crippen molar-refractivity contribution < 1.29 is 17.9 Å². The zero-order chi connectivity index (χ0) is 18.7. The Morgan fingerprint density at radius 1 is 1.00 bits per heavy atom. The van der Waals surface area contributed by atoms with Crippen LogP contribution < -0.4 is 5.32 Å². The van der Waals surface area contributed by atoms with E-state index in [1.807, 2.05) is 32.0 Å². The first-order chi connectivity index (χ1) is 12.4. The van der Waals surface area contributed by atoms with Gasteiger partial charge in [0.2, 0.25) is 10.0 Å². The average molecular weight is 374 g/mol. The van der Waals surface area contributed by atoms with Crippen LogP contribution in [0.25, 0.3) is 0 Å². The van der Waals surface area contributed by atoms with Gasteiger partial charge in [0.25, 0.3) is 5.91 Å². The van der Waals surface area contributed by atoms with E-state index in [9.17, 15) is 13.2 Å². The Kier molecular flexibility index (Phi) is 5.41. The molecule has 1 amide bonds. The molecule has 26 heavy (non-hydrogen) atoms. The van der Waals surface area contributed by atoms with Gasteiger partial charge in [-0.15, -0.1) is 0 Å². The van der Waals surface area contributed by atoms with Gasteiger partial charge in [-0.25, -0.2) is 8.42 Å². The summed E-state index contributed by atoms with van der Waals surface area (Å²) in [6.07, 6.45) is -0.297. The lowest BCUT2D eigenvalue weighted by Crippen LogP contribution is -2.48. The fraction of sp³-hybridized carbons (Fsp3) is 0.316. The quantitative estimate of drug-likeness (QED) is 0.893. The second-order valence-electron chi connectivity index (χ2n) is 6.42. The molecular weight excluding hydrogens is 352 g/mol. The summed E-state index contributed by atoms with van der Waals surface area (Å²) in [6, 6.07) is 15.1. The Bertz CT molecular complexity index is 856. The molecule has 2 unspecified atom stereocenters. The normalized spacial score (nSPS) is 21.3. The van der Waals surface area contributed by atoms with Crippen molar-refractivity contribution in [3.05, 3.63) is 60.2 Å². The second kappa shape index (κ2) is 7.57. The molecule has 7 heteroatoms. The molecule has 1 saturated heterocycles. The van der Waals surface area contributed by atoms with Crippen molar-refractivity contribution in [2.75, 3.05) is 18.4 Å². The van der Waals surface area contributed by atoms with E-state index in [0.717, 1.165) is 0 Å². The summed E-state index contributed by atoms with van der Waals surface area (Å²) in [4.78, 5) is 12.5. The maximum atomic E-state index is 12.8. The van der Waals surface area contributed by atoms with Crippen molar-refractivity contribution in [3.63, 3.8) is 0 Å². The Morgan fingerprint density at radius 2 is 1.58 bits per heavy atom. The summed E-state index contributed by atoms with van der Waals surface area (Å²) in [5, 5.41) is 2.78. The second-order valence-corrected chi connectivity index (χ2v) is 8.36. The molecule has 0 aromatic heterocycles. The number of carbonyl (C=O) groups excluding carboxylic acids is 1. The van der Waals surface area contributed by atoms with Crippen molar-refractivity contribution in [2.45, 2.75) is 31.0 Å². The van der Waals surface area contributed by atoms with E-state index in [2.05, 4.69) is 5.32 Å². The lowest BCUT2D eigenvalue weighted by atomic mass is 10.2. The Hall–Kier alpha value is -2.22. The molecule has 1 aliphatic rings. The minimum atomic E-state index is -3.61. The molecule has 1 fully saturated rings. The minimum Gasteiger partial charge on any atom is -0.373 e. The number of sulfonamides is 1. The standard InChI is InChI=1S/C19H22N2O4S/c1-14-12-21(13-15(2)25-14)26(23,24)18-10-8-16(9-11-18)19(22)20-17-6-4-3-5-7-17/h3-11,14-15H,12-13H2,1-2H3,(H,20,22). The molecule has 2 aromatic carbocycles. The highest BCUT2D eigenvalue weighted by Gasteiger charge is 2.32. The highest BCUT2D eigenvalue weighted by atomic mass is 32.2. The molecular formula is C19H22N2O4S. The van der Waals surface area contributed by atoms with Crippen LogP contribution in [-0.4, -0.2) is 43.9 Å². The first-order valence-electron chi connectivity index (χ1n) is 8.48. The van der Waals surface area contributed by atoms with Crippen molar-refractivity contribution in [1.29, 1.82) is 0 Å². The smallest absolute Gasteiger partial charge is 0.255 e. The van der Waals surface area contributed by atoms with Crippen LogP contribution in [0.4, 0.5) is 5.69 Å². The summed E-state index contributed by atoms with van der Waals surface area (Å²) >= 11 is 0. The van der Waals surface area contributed by atoms with E-state index < -0.39 is 10.0 Å². The van der Waals surface area contributed by atoms with Gasteiger partial charge in [-0.2, -0.15) is 4.31 Å². The molecule has 2 atom stereocenters. The number of nitrogens with one attached hydrogen (secondary N) is 1. The fourth-order valence-electron chi connectivity index (χ4n) is 2.98. The van der Waals surface area contributed by atoms with Gasteiger partial charge < -0.3 is 10.1 Å². The van der Waals surface area contributed by atoms with Gasteiger partial charge in [0.05, 0.1) is 17.1 Å². The monoisotopic (exact) mass is 374 g/mol. The third-order valence-corrected chi connectivity index (χ3v) is 6.02. The Balaban J connectivity index is 1.75. The van der Waals surface area contributed by atoms with Crippen molar-refractivity contribution in [1.82, 2.24) is 4.31 Å². The van der Waals surface area contributed by atoms with E-state index in [-0.39, 0.29) is 23.0 Å². The van der Waals surface area contributed by atoms with Crippen molar-refractivity contribution >= 4 is 21.6 Å². The number of hydrogen-bond donors (Lipinski definition) is 1. The number of hydrogen-bond acceptors (Lipinski definition) is 4. The third kappa shape index (κ3) is 4.12. The summed E-state index contributed by atoms with van der Waals surface area (Å²) in [7, 11) is -3.61. The Labute approximate surface area is 153 Å². The third-order valence-electron chi connectivity index (χ3n) is 4.17. The topological polar surface area (TPSA) is 75.7 Å². The van der Waals surface area contributed by atoms with Crippen LogP contribution in [0.15, 0.2) is 59.5 Å². The fourth-order valence-corrected chi connectivity index (χ4v) is 4.57. The van der Waals surface area contributed by atoms with Crippen LogP contribution in [0.3, 0.4) is 0 Å². The van der Waals surface area contributed by atoms with Crippen LogP contribution in [-0.2, 0) is 14.8 Å². The van der Waals surface area contributed by atoms with Gasteiger partial charge in [0, 0.05) is 24.3 Å². The Morgan fingerprint density at radius 3 is 2.15 bits per heavy atom. The van der Waals surface area contributed by atoms with Crippen molar-refractivity contribution in [2.24, 2.45) is 0 Å². The number of amides is 1. The first-order valence-corrected chi connectivity index (χ1v) is 9.92. The maximum Gasteiger partial charge on any atom is 0.255 e. The van der Waals surface area contributed by atoms with Crippen LogP contribution in [0, 0.1) is 0 Å². The minimum absolute atomic E-state index is 0.149. The number of carbonyl (C=O) groups is 1. The molecule has 0 aliphatic carbocycles. The molecule has 6 nitrogen and oxygen atoms in total. The molecule has 1 N–H and O–H groups in total. The molecule has 1 aliphatic heterocycles. The van der Waals surface area contributed by atoms with Gasteiger partial charge in [0.15, 0.2) is 0 Å². The number of ether oxygens (including phenoxy) is 1. The summed E-state index contributed by atoms with van der Waals surface area (Å²) in [6.45, 7) is 4.36. The van der Waals surface area contributed by atoms with Crippen LogP contribution in [0.1, 0.15) is 24.2 Å². The van der Waals surface area contributed by atoms with E-state index in [1.165, 1.54) is 28.6 Å². The SMILES string of the molecule is CC1CN(S(=O)(=O)c2ccc(C(=O)Nc3ccccc3)cc2)CC(C)O1. The maximum absolute atomic E-state index is 12.8. The number of rotatable bonds is 4. The molecule has 2 aromatic rings. The number of anilines is 1. The zero-order valence-electron chi connectivity index (χ0n) is 14.8. The van der Waals surface area contributed by atoms with E-state index in [4.69, 9.17) is 4.74 Å².